The van der Waals surface area contributed by atoms with Crippen LogP contribution in [0.1, 0.15) is 46.5 Å². The van der Waals surface area contributed by atoms with Crippen molar-refractivity contribution in [1.82, 2.24) is 15.1 Å². The minimum Gasteiger partial charge on any atom is -0.310 e. The summed E-state index contributed by atoms with van der Waals surface area (Å²) in [4.78, 5) is 5.22. The number of nitrogens with one attached hydrogen (secondary N) is 1. The van der Waals surface area contributed by atoms with E-state index in [1.807, 2.05) is 0 Å². The molecule has 1 N–H and O–H groups in total. The first-order valence-corrected chi connectivity index (χ1v) is 8.39. The van der Waals surface area contributed by atoms with E-state index in [2.05, 4.69) is 35.9 Å². The van der Waals surface area contributed by atoms with Gasteiger partial charge in [0, 0.05) is 25.2 Å². The third-order valence-corrected chi connectivity index (χ3v) is 4.97. The maximum absolute atomic E-state index is 3.85. The zero-order valence-electron chi connectivity index (χ0n) is 13.2. The van der Waals surface area contributed by atoms with Crippen molar-refractivity contribution in [2.45, 2.75) is 58.5 Å². The number of piperidine rings is 1. The summed E-state index contributed by atoms with van der Waals surface area (Å²) in [5.74, 6) is 0.842. The first kappa shape index (κ1) is 15.3. The lowest BCUT2D eigenvalue weighted by molar-refractivity contribution is 0.149. The van der Waals surface area contributed by atoms with Crippen LogP contribution in [0.3, 0.4) is 0 Å². The summed E-state index contributed by atoms with van der Waals surface area (Å²) in [7, 11) is 0. The summed E-state index contributed by atoms with van der Waals surface area (Å²) in [6.45, 7) is 14.7. The molecule has 19 heavy (non-hydrogen) atoms. The van der Waals surface area contributed by atoms with Gasteiger partial charge in [-0.2, -0.15) is 0 Å². The number of hydrogen-bond donors (Lipinski definition) is 1. The Morgan fingerprint density at radius 2 is 1.74 bits per heavy atom. The van der Waals surface area contributed by atoms with Gasteiger partial charge in [0.25, 0.3) is 0 Å². The Balaban J connectivity index is 1.71. The lowest BCUT2D eigenvalue weighted by Crippen LogP contribution is -2.49. The van der Waals surface area contributed by atoms with Crippen molar-refractivity contribution < 1.29 is 0 Å². The van der Waals surface area contributed by atoms with E-state index in [4.69, 9.17) is 0 Å². The Morgan fingerprint density at radius 1 is 1.05 bits per heavy atom. The first-order chi connectivity index (χ1) is 9.19. The molecular formula is C16H33N3. The maximum Gasteiger partial charge on any atom is 0.0169 e. The fourth-order valence-corrected chi connectivity index (χ4v) is 3.78. The van der Waals surface area contributed by atoms with E-state index in [9.17, 15) is 0 Å². The molecule has 2 heterocycles. The van der Waals surface area contributed by atoms with Gasteiger partial charge >= 0.3 is 0 Å². The molecule has 112 valence electrons. The smallest absolute Gasteiger partial charge is 0.0169 e. The van der Waals surface area contributed by atoms with Gasteiger partial charge in [-0.25, -0.2) is 0 Å². The van der Waals surface area contributed by atoms with Crippen LogP contribution in [0.4, 0.5) is 0 Å². The Bertz CT molecular complexity index is 250. The summed E-state index contributed by atoms with van der Waals surface area (Å²) < 4.78 is 0. The van der Waals surface area contributed by atoms with E-state index in [0.29, 0.717) is 12.1 Å². The molecule has 0 aromatic carbocycles. The van der Waals surface area contributed by atoms with Crippen LogP contribution in [0.2, 0.25) is 0 Å². The van der Waals surface area contributed by atoms with E-state index < -0.39 is 0 Å². The van der Waals surface area contributed by atoms with E-state index in [1.54, 1.807) is 0 Å². The lowest BCUT2D eigenvalue weighted by Gasteiger charge is -2.37. The van der Waals surface area contributed by atoms with E-state index in [-0.39, 0.29) is 0 Å². The topological polar surface area (TPSA) is 18.5 Å². The van der Waals surface area contributed by atoms with Crippen molar-refractivity contribution in [2.24, 2.45) is 5.92 Å². The molecule has 0 aliphatic carbocycles. The second-order valence-corrected chi connectivity index (χ2v) is 6.66. The molecular weight excluding hydrogens is 234 g/mol. The first-order valence-electron chi connectivity index (χ1n) is 8.39. The van der Waals surface area contributed by atoms with Crippen molar-refractivity contribution in [3.8, 4) is 0 Å². The monoisotopic (exact) mass is 267 g/mol. The molecule has 2 aliphatic rings. The summed E-state index contributed by atoms with van der Waals surface area (Å²) in [5.41, 5.74) is 0. The normalized spacial score (nSPS) is 29.5. The molecule has 0 aromatic rings. The molecule has 2 saturated heterocycles. The van der Waals surface area contributed by atoms with Gasteiger partial charge in [-0.1, -0.05) is 6.92 Å². The molecule has 3 unspecified atom stereocenters. The highest BCUT2D eigenvalue weighted by Crippen LogP contribution is 2.20. The third kappa shape index (κ3) is 4.73. The largest absolute Gasteiger partial charge is 0.310 e. The summed E-state index contributed by atoms with van der Waals surface area (Å²) in [6.07, 6.45) is 5.58. The van der Waals surface area contributed by atoms with Crippen LogP contribution in [0.15, 0.2) is 0 Å². The van der Waals surface area contributed by atoms with Crippen LogP contribution in [-0.2, 0) is 0 Å². The molecule has 0 saturated carbocycles. The van der Waals surface area contributed by atoms with Crippen LogP contribution in [0.5, 0.6) is 0 Å². The van der Waals surface area contributed by atoms with Crippen LogP contribution >= 0.6 is 0 Å². The molecule has 0 spiro atoms. The van der Waals surface area contributed by atoms with Gasteiger partial charge in [0.05, 0.1) is 0 Å². The zero-order valence-corrected chi connectivity index (χ0v) is 13.2. The second-order valence-electron chi connectivity index (χ2n) is 6.66. The van der Waals surface area contributed by atoms with Gasteiger partial charge in [-0.15, -0.1) is 0 Å². The van der Waals surface area contributed by atoms with Gasteiger partial charge in [-0.05, 0) is 71.6 Å². The quantitative estimate of drug-likeness (QED) is 0.796. The maximum atomic E-state index is 3.85. The van der Waals surface area contributed by atoms with Crippen LogP contribution in [0.25, 0.3) is 0 Å². The summed E-state index contributed by atoms with van der Waals surface area (Å²) >= 11 is 0. The predicted molar refractivity (Wildman–Crippen MR) is 82.6 cm³/mol. The fourth-order valence-electron chi connectivity index (χ4n) is 3.78. The van der Waals surface area contributed by atoms with Crippen molar-refractivity contribution in [2.75, 3.05) is 39.3 Å². The molecule has 3 atom stereocenters. The molecule has 0 radical (unpaired) electrons. The molecule has 3 heteroatoms. The Morgan fingerprint density at radius 3 is 2.42 bits per heavy atom. The van der Waals surface area contributed by atoms with Crippen LogP contribution in [-0.4, -0.2) is 61.2 Å². The van der Waals surface area contributed by atoms with Gasteiger partial charge in [0.2, 0.25) is 0 Å². The summed E-state index contributed by atoms with van der Waals surface area (Å²) in [6, 6.07) is 1.29. The average molecular weight is 267 g/mol. The van der Waals surface area contributed by atoms with Gasteiger partial charge < -0.3 is 15.1 Å². The second kappa shape index (κ2) is 7.61. The average Bonchev–Trinajstić information content (AvgIpc) is 2.91. The van der Waals surface area contributed by atoms with Crippen LogP contribution < -0.4 is 5.32 Å². The zero-order chi connectivity index (χ0) is 13.7. The van der Waals surface area contributed by atoms with Crippen molar-refractivity contribution in [1.29, 1.82) is 0 Å². The Labute approximate surface area is 119 Å². The van der Waals surface area contributed by atoms with Gasteiger partial charge in [-0.3, -0.25) is 0 Å². The van der Waals surface area contributed by atoms with E-state index >= 15 is 0 Å². The van der Waals surface area contributed by atoms with Crippen molar-refractivity contribution in [3.63, 3.8) is 0 Å². The number of hydrogen-bond acceptors (Lipinski definition) is 3. The molecule has 2 fully saturated rings. The molecule has 3 nitrogen and oxygen atoms in total. The molecule has 0 aromatic heterocycles. The van der Waals surface area contributed by atoms with Crippen molar-refractivity contribution >= 4 is 0 Å². The molecule has 0 bridgehead atoms. The van der Waals surface area contributed by atoms with E-state index in [0.717, 1.165) is 5.92 Å². The van der Waals surface area contributed by atoms with Gasteiger partial charge in [0.1, 0.15) is 0 Å². The standard InChI is InChI=1S/C16H33N3/c1-4-18-11-7-8-16(13-18)15(3)17-14(2)12-19-9-5-6-10-19/h14-17H,4-13H2,1-3H3. The van der Waals surface area contributed by atoms with E-state index in [1.165, 1.54) is 65.0 Å². The number of likely N-dealkylation sites (tertiary alicyclic amines) is 2. The number of rotatable bonds is 6. The SMILES string of the molecule is CCN1CCCC(C(C)NC(C)CN2CCCC2)C1. The number of nitrogens with zero attached hydrogens (tertiary/aromatic N) is 2. The van der Waals surface area contributed by atoms with Crippen molar-refractivity contribution in [3.05, 3.63) is 0 Å². The van der Waals surface area contributed by atoms with Crippen LogP contribution in [0, 0.1) is 5.92 Å². The lowest BCUT2D eigenvalue weighted by atomic mass is 9.91. The third-order valence-electron chi connectivity index (χ3n) is 4.97. The molecule has 0 amide bonds. The minimum absolute atomic E-state index is 0.630. The highest BCUT2D eigenvalue weighted by molar-refractivity contribution is 4.83. The molecule has 2 aliphatic heterocycles. The fraction of sp³-hybridized carbons (Fsp3) is 1.00. The highest BCUT2D eigenvalue weighted by atomic mass is 15.2. The minimum atomic E-state index is 0.630. The summed E-state index contributed by atoms with van der Waals surface area (Å²) in [5, 5.41) is 3.85. The Hall–Kier alpha value is -0.120. The Kier molecular flexibility index (Phi) is 6.11. The predicted octanol–water partition coefficient (Wildman–Crippen LogP) is 2.18. The van der Waals surface area contributed by atoms with Gasteiger partial charge in [0.15, 0.2) is 0 Å². The molecule has 2 rings (SSSR count). The highest BCUT2D eigenvalue weighted by Gasteiger charge is 2.25.